The molecule has 0 bridgehead atoms. The highest BCUT2D eigenvalue weighted by molar-refractivity contribution is 7.91. The van der Waals surface area contributed by atoms with Crippen LogP contribution >= 0.6 is 11.3 Å². The van der Waals surface area contributed by atoms with Gasteiger partial charge in [0.25, 0.3) is 10.0 Å². The Kier molecular flexibility index (Phi) is 5.54. The first-order valence-electron chi connectivity index (χ1n) is 8.29. The number of hydrogen-bond donors (Lipinski definition) is 2. The summed E-state index contributed by atoms with van der Waals surface area (Å²) in [7, 11) is -3.65. The minimum atomic E-state index is -3.65. The number of hydrazone groups is 1. The highest BCUT2D eigenvalue weighted by Gasteiger charge is 2.26. The summed E-state index contributed by atoms with van der Waals surface area (Å²) in [5.41, 5.74) is 1.81. The molecule has 2 N–H and O–H groups in total. The molecule has 0 aliphatic carbocycles. The predicted molar refractivity (Wildman–Crippen MR) is 108 cm³/mol. The molecule has 7 heteroatoms. The van der Waals surface area contributed by atoms with Crippen molar-refractivity contribution in [2.75, 3.05) is 0 Å². The second-order valence-electron chi connectivity index (χ2n) is 8.25. The summed E-state index contributed by atoms with van der Waals surface area (Å²) in [5.74, 6) is 0.279. The van der Waals surface area contributed by atoms with E-state index in [-0.39, 0.29) is 20.8 Å². The normalized spacial score (nSPS) is 13.3. The van der Waals surface area contributed by atoms with Crippen LogP contribution in [0.5, 0.6) is 5.75 Å². The third-order valence-corrected chi connectivity index (χ3v) is 6.51. The van der Waals surface area contributed by atoms with E-state index in [0.717, 1.165) is 28.0 Å². The fourth-order valence-corrected chi connectivity index (χ4v) is 4.28. The number of aromatic hydroxyl groups is 1. The number of nitrogens with zero attached hydrogens (tertiary/aromatic N) is 1. The highest BCUT2D eigenvalue weighted by Crippen LogP contribution is 2.39. The van der Waals surface area contributed by atoms with Crippen LogP contribution < -0.4 is 4.83 Å². The molecular formula is C19H26N2O3S2. The average Bonchev–Trinajstić information content (AvgIpc) is 3.01. The molecule has 0 atom stereocenters. The van der Waals surface area contributed by atoms with E-state index < -0.39 is 10.0 Å². The Hall–Kier alpha value is -1.86. The van der Waals surface area contributed by atoms with Crippen LogP contribution in [-0.4, -0.2) is 19.7 Å². The van der Waals surface area contributed by atoms with Crippen molar-refractivity contribution in [3.8, 4) is 5.75 Å². The Morgan fingerprint density at radius 3 is 2.04 bits per heavy atom. The van der Waals surface area contributed by atoms with E-state index in [9.17, 15) is 13.5 Å². The molecule has 0 aliphatic rings. The molecule has 1 heterocycles. The summed E-state index contributed by atoms with van der Waals surface area (Å²) in [4.78, 5) is 2.23. The molecule has 26 heavy (non-hydrogen) atoms. The topological polar surface area (TPSA) is 78.8 Å². The molecule has 0 unspecified atom stereocenters. The number of rotatable bonds is 4. The molecule has 2 aromatic rings. The number of hydrogen-bond acceptors (Lipinski definition) is 5. The number of thiophene rings is 1. The van der Waals surface area contributed by atoms with Gasteiger partial charge < -0.3 is 5.11 Å². The molecular weight excluding hydrogens is 368 g/mol. The van der Waals surface area contributed by atoms with Gasteiger partial charge in [-0.05, 0) is 40.0 Å². The Morgan fingerprint density at radius 2 is 1.62 bits per heavy atom. The second kappa shape index (κ2) is 7.04. The molecule has 0 fully saturated rings. The number of nitrogens with one attached hydrogen (secondary N) is 1. The van der Waals surface area contributed by atoms with E-state index in [1.807, 2.05) is 53.7 Å². The molecule has 0 spiro atoms. The van der Waals surface area contributed by atoms with Crippen LogP contribution in [-0.2, 0) is 20.9 Å². The molecule has 0 saturated carbocycles. The Labute approximate surface area is 159 Å². The number of sulfonamides is 1. The molecule has 142 valence electrons. The SMILES string of the molecule is CC(C)(C)c1cc(/C=N/NS(=O)(=O)c2cccs2)cc(C(C)(C)C)c1O. The smallest absolute Gasteiger partial charge is 0.286 e. The molecule has 0 saturated heterocycles. The lowest BCUT2D eigenvalue weighted by molar-refractivity contribution is 0.423. The lowest BCUT2D eigenvalue weighted by atomic mass is 9.78. The van der Waals surface area contributed by atoms with Gasteiger partial charge in [-0.2, -0.15) is 18.4 Å². The van der Waals surface area contributed by atoms with E-state index in [4.69, 9.17) is 0 Å². The molecule has 5 nitrogen and oxygen atoms in total. The predicted octanol–water partition coefficient (Wildman–Crippen LogP) is 4.36. The van der Waals surface area contributed by atoms with Crippen LogP contribution in [0.2, 0.25) is 0 Å². The number of phenols is 1. The molecule has 0 aliphatic heterocycles. The summed E-state index contributed by atoms with van der Waals surface area (Å²) in [5, 5.41) is 16.3. The van der Waals surface area contributed by atoms with Crippen LogP contribution in [0.25, 0.3) is 0 Å². The fraction of sp³-hybridized carbons (Fsp3) is 0.421. The van der Waals surface area contributed by atoms with Crippen molar-refractivity contribution in [3.63, 3.8) is 0 Å². The zero-order valence-electron chi connectivity index (χ0n) is 16.0. The lowest BCUT2D eigenvalue weighted by Gasteiger charge is -2.27. The summed E-state index contributed by atoms with van der Waals surface area (Å²) in [6, 6.07) is 6.88. The van der Waals surface area contributed by atoms with Gasteiger partial charge in [-0.15, -0.1) is 11.3 Å². The second-order valence-corrected chi connectivity index (χ2v) is 11.1. The Morgan fingerprint density at radius 1 is 1.08 bits per heavy atom. The van der Waals surface area contributed by atoms with Crippen LogP contribution in [0, 0.1) is 0 Å². The summed E-state index contributed by atoms with van der Waals surface area (Å²) < 4.78 is 24.5. The molecule has 1 aromatic heterocycles. The largest absolute Gasteiger partial charge is 0.507 e. The van der Waals surface area contributed by atoms with Crippen molar-refractivity contribution in [3.05, 3.63) is 46.3 Å². The maximum absolute atomic E-state index is 12.1. The van der Waals surface area contributed by atoms with E-state index in [1.54, 1.807) is 11.4 Å². The number of phenolic OH excluding ortho intramolecular Hbond substituents is 1. The van der Waals surface area contributed by atoms with Crippen LogP contribution in [0.3, 0.4) is 0 Å². The zero-order chi connectivity index (χ0) is 19.8. The van der Waals surface area contributed by atoms with Gasteiger partial charge in [0, 0.05) is 11.1 Å². The minimum absolute atomic E-state index is 0.214. The van der Waals surface area contributed by atoms with Crippen LogP contribution in [0.15, 0.2) is 39.0 Å². The lowest BCUT2D eigenvalue weighted by Crippen LogP contribution is -2.19. The van der Waals surface area contributed by atoms with Gasteiger partial charge in [0.15, 0.2) is 0 Å². The first-order chi connectivity index (χ1) is 11.8. The van der Waals surface area contributed by atoms with Gasteiger partial charge in [0.1, 0.15) is 9.96 Å². The maximum atomic E-state index is 12.1. The van der Waals surface area contributed by atoms with E-state index >= 15 is 0 Å². The van der Waals surface area contributed by atoms with Crippen LogP contribution in [0.1, 0.15) is 58.2 Å². The van der Waals surface area contributed by atoms with Gasteiger partial charge in [0.05, 0.1) is 6.21 Å². The van der Waals surface area contributed by atoms with E-state index in [2.05, 4.69) is 9.93 Å². The molecule has 2 rings (SSSR count). The third kappa shape index (κ3) is 4.65. The zero-order valence-corrected chi connectivity index (χ0v) is 17.6. The van der Waals surface area contributed by atoms with Crippen molar-refractivity contribution >= 4 is 27.6 Å². The van der Waals surface area contributed by atoms with Crippen LogP contribution in [0.4, 0.5) is 0 Å². The van der Waals surface area contributed by atoms with E-state index in [1.165, 1.54) is 12.3 Å². The van der Waals surface area contributed by atoms with Gasteiger partial charge in [-0.3, -0.25) is 0 Å². The highest BCUT2D eigenvalue weighted by atomic mass is 32.2. The summed E-state index contributed by atoms with van der Waals surface area (Å²) in [6.07, 6.45) is 1.47. The average molecular weight is 395 g/mol. The fourth-order valence-electron chi connectivity index (χ4n) is 2.51. The summed E-state index contributed by atoms with van der Waals surface area (Å²) in [6.45, 7) is 12.1. The van der Waals surface area contributed by atoms with Gasteiger partial charge in [-0.1, -0.05) is 47.6 Å². The van der Waals surface area contributed by atoms with Gasteiger partial charge in [-0.25, -0.2) is 0 Å². The maximum Gasteiger partial charge on any atom is 0.286 e. The van der Waals surface area contributed by atoms with Gasteiger partial charge >= 0.3 is 0 Å². The molecule has 1 aromatic carbocycles. The van der Waals surface area contributed by atoms with Gasteiger partial charge in [0.2, 0.25) is 0 Å². The molecule has 0 radical (unpaired) electrons. The monoisotopic (exact) mass is 394 g/mol. The quantitative estimate of drug-likeness (QED) is 0.597. The standard InChI is InChI=1S/C19H26N2O3S2/c1-18(2,3)14-10-13(11-15(17(14)22)19(4,5)6)12-20-21-26(23,24)16-8-7-9-25-16/h7-12,21-22H,1-6H3/b20-12+. The van der Waals surface area contributed by atoms with Crippen molar-refractivity contribution in [2.24, 2.45) is 5.10 Å². The summed E-state index contributed by atoms with van der Waals surface area (Å²) >= 11 is 1.13. The van der Waals surface area contributed by atoms with Crippen molar-refractivity contribution in [2.45, 2.75) is 56.6 Å². The van der Waals surface area contributed by atoms with Crippen molar-refractivity contribution < 1.29 is 13.5 Å². The number of benzene rings is 1. The molecule has 0 amide bonds. The van der Waals surface area contributed by atoms with E-state index in [0.29, 0.717) is 0 Å². The Bertz CT molecular complexity index is 866. The van der Waals surface area contributed by atoms with Crippen molar-refractivity contribution in [1.29, 1.82) is 0 Å². The third-order valence-electron chi connectivity index (χ3n) is 3.89. The minimum Gasteiger partial charge on any atom is -0.507 e. The first-order valence-corrected chi connectivity index (χ1v) is 10.6. The Balaban J connectivity index is 2.40. The first kappa shape index (κ1) is 20.5. The van der Waals surface area contributed by atoms with Crippen molar-refractivity contribution in [1.82, 2.24) is 4.83 Å².